The summed E-state index contributed by atoms with van der Waals surface area (Å²) in [4.78, 5) is 10.1. The van der Waals surface area contributed by atoms with E-state index in [1.165, 1.54) is 12.1 Å². The van der Waals surface area contributed by atoms with Crippen molar-refractivity contribution in [1.82, 2.24) is 20.3 Å². The largest absolute Gasteiger partial charge is 0.396 e. The number of benzene rings is 1. The molecule has 8 nitrogen and oxygen atoms in total. The summed E-state index contributed by atoms with van der Waals surface area (Å²) >= 11 is 0. The summed E-state index contributed by atoms with van der Waals surface area (Å²) in [5, 5.41) is 30.5. The predicted molar refractivity (Wildman–Crippen MR) is 75.4 cm³/mol. The molecule has 1 aromatic heterocycles. The fraction of sp³-hybridized carbons (Fsp3) is 0.385. The molecule has 1 aromatic carbocycles. The van der Waals surface area contributed by atoms with Gasteiger partial charge in [-0.25, -0.2) is 0 Å². The first-order valence-electron chi connectivity index (χ1n) is 6.63. The number of nitrogens with zero attached hydrogens (tertiary/aromatic N) is 4. The van der Waals surface area contributed by atoms with E-state index in [4.69, 9.17) is 5.11 Å². The zero-order chi connectivity index (χ0) is 15.1. The predicted octanol–water partition coefficient (Wildman–Crippen LogP) is 0.858. The van der Waals surface area contributed by atoms with E-state index in [1.54, 1.807) is 16.8 Å². The molecule has 0 bridgehead atoms. The molecule has 0 saturated carbocycles. The quantitative estimate of drug-likeness (QED) is 0.552. The maximum Gasteiger partial charge on any atom is 0.269 e. The highest BCUT2D eigenvalue weighted by atomic mass is 16.6. The van der Waals surface area contributed by atoms with Crippen molar-refractivity contribution in [2.45, 2.75) is 26.1 Å². The van der Waals surface area contributed by atoms with Crippen LogP contribution in [0.2, 0.25) is 0 Å². The van der Waals surface area contributed by atoms with Gasteiger partial charge in [0.1, 0.15) is 0 Å². The van der Waals surface area contributed by atoms with E-state index < -0.39 is 4.92 Å². The Hall–Kier alpha value is -2.32. The van der Waals surface area contributed by atoms with Crippen molar-refractivity contribution in [2.24, 2.45) is 0 Å². The fourth-order valence-electron chi connectivity index (χ4n) is 1.83. The van der Waals surface area contributed by atoms with Gasteiger partial charge in [0.15, 0.2) is 0 Å². The van der Waals surface area contributed by atoms with Gasteiger partial charge in [-0.1, -0.05) is 17.3 Å². The van der Waals surface area contributed by atoms with Crippen LogP contribution in [-0.4, -0.2) is 31.6 Å². The maximum atomic E-state index is 10.5. The Balaban J connectivity index is 1.78. The van der Waals surface area contributed by atoms with Crippen molar-refractivity contribution in [3.63, 3.8) is 0 Å². The van der Waals surface area contributed by atoms with Crippen molar-refractivity contribution in [2.75, 3.05) is 6.61 Å². The average molecular weight is 291 g/mol. The first-order valence-corrected chi connectivity index (χ1v) is 6.63. The van der Waals surface area contributed by atoms with E-state index in [9.17, 15) is 10.1 Å². The number of nitrogens with one attached hydrogen (secondary N) is 1. The first-order chi connectivity index (χ1) is 10.2. The van der Waals surface area contributed by atoms with Gasteiger partial charge >= 0.3 is 0 Å². The van der Waals surface area contributed by atoms with Crippen LogP contribution in [0.3, 0.4) is 0 Å². The standard InChI is InChI=1S/C13H17N5O3/c19-7-1-6-17-10-12(15-16-17)9-14-8-11-2-4-13(5-3-11)18(20)21/h2-5,10,14,19H,1,6-9H2. The number of hydrogen-bond donors (Lipinski definition) is 2. The van der Waals surface area contributed by atoms with Gasteiger partial charge in [0.05, 0.1) is 10.6 Å². The number of aliphatic hydroxyl groups excluding tert-OH is 1. The molecule has 0 atom stereocenters. The third-order valence-corrected chi connectivity index (χ3v) is 2.91. The minimum Gasteiger partial charge on any atom is -0.396 e. The van der Waals surface area contributed by atoms with Gasteiger partial charge in [0.25, 0.3) is 5.69 Å². The molecule has 2 rings (SSSR count). The van der Waals surface area contributed by atoms with E-state index >= 15 is 0 Å². The molecule has 0 aliphatic rings. The molecule has 0 saturated heterocycles. The normalized spacial score (nSPS) is 10.7. The molecule has 0 fully saturated rings. The minimum absolute atomic E-state index is 0.0885. The number of aryl methyl sites for hydroxylation is 1. The molecule has 112 valence electrons. The average Bonchev–Trinajstić information content (AvgIpc) is 2.93. The number of aromatic nitrogens is 3. The van der Waals surface area contributed by atoms with Crippen molar-refractivity contribution >= 4 is 5.69 Å². The van der Waals surface area contributed by atoms with Crippen molar-refractivity contribution in [1.29, 1.82) is 0 Å². The van der Waals surface area contributed by atoms with E-state index in [0.717, 1.165) is 11.3 Å². The summed E-state index contributed by atoms with van der Waals surface area (Å²) < 4.78 is 1.69. The van der Waals surface area contributed by atoms with Gasteiger partial charge in [-0.3, -0.25) is 14.8 Å². The molecule has 0 unspecified atom stereocenters. The molecule has 8 heteroatoms. The molecule has 0 radical (unpaired) electrons. The Morgan fingerprint density at radius 2 is 2.05 bits per heavy atom. The summed E-state index contributed by atoms with van der Waals surface area (Å²) in [7, 11) is 0. The highest BCUT2D eigenvalue weighted by Crippen LogP contribution is 2.11. The van der Waals surface area contributed by atoms with Crippen LogP contribution in [0.1, 0.15) is 17.7 Å². The molecular weight excluding hydrogens is 274 g/mol. The SMILES string of the molecule is O=[N+]([O-])c1ccc(CNCc2cn(CCCO)nn2)cc1. The van der Waals surface area contributed by atoms with Crippen molar-refractivity contribution < 1.29 is 10.0 Å². The minimum atomic E-state index is -0.415. The van der Waals surface area contributed by atoms with Gasteiger partial charge in [-0.2, -0.15) is 0 Å². The van der Waals surface area contributed by atoms with Crippen LogP contribution in [0.15, 0.2) is 30.5 Å². The highest BCUT2D eigenvalue weighted by molar-refractivity contribution is 5.32. The lowest BCUT2D eigenvalue weighted by atomic mass is 10.2. The van der Waals surface area contributed by atoms with Crippen LogP contribution in [0.5, 0.6) is 0 Å². The lowest BCUT2D eigenvalue weighted by Crippen LogP contribution is -2.13. The zero-order valence-electron chi connectivity index (χ0n) is 11.5. The van der Waals surface area contributed by atoms with Crippen LogP contribution in [0, 0.1) is 10.1 Å². The summed E-state index contributed by atoms with van der Waals surface area (Å²) in [5.74, 6) is 0. The number of nitro benzene ring substituents is 1. The molecule has 21 heavy (non-hydrogen) atoms. The Morgan fingerprint density at radius 1 is 1.29 bits per heavy atom. The molecule has 0 spiro atoms. The summed E-state index contributed by atoms with van der Waals surface area (Å²) in [6.45, 7) is 1.94. The lowest BCUT2D eigenvalue weighted by Gasteiger charge is -2.02. The van der Waals surface area contributed by atoms with Crippen LogP contribution < -0.4 is 5.32 Å². The number of nitro groups is 1. The molecule has 0 aliphatic heterocycles. The van der Waals surface area contributed by atoms with E-state index in [1.807, 2.05) is 6.20 Å². The Bertz CT molecular complexity index is 582. The second-order valence-electron chi connectivity index (χ2n) is 4.58. The van der Waals surface area contributed by atoms with E-state index in [2.05, 4.69) is 15.6 Å². The van der Waals surface area contributed by atoms with Crippen LogP contribution >= 0.6 is 0 Å². The highest BCUT2D eigenvalue weighted by Gasteiger charge is 2.04. The first kappa shape index (κ1) is 15.1. The number of aliphatic hydroxyl groups is 1. The number of rotatable bonds is 8. The third-order valence-electron chi connectivity index (χ3n) is 2.91. The van der Waals surface area contributed by atoms with Crippen LogP contribution in [0.4, 0.5) is 5.69 Å². The van der Waals surface area contributed by atoms with Gasteiger partial charge in [-0.05, 0) is 12.0 Å². The van der Waals surface area contributed by atoms with E-state index in [-0.39, 0.29) is 12.3 Å². The van der Waals surface area contributed by atoms with Gasteiger partial charge in [0, 0.05) is 44.6 Å². The van der Waals surface area contributed by atoms with Crippen LogP contribution in [-0.2, 0) is 19.6 Å². The summed E-state index contributed by atoms with van der Waals surface area (Å²) in [5.41, 5.74) is 1.87. The number of non-ortho nitro benzene ring substituents is 1. The number of hydrogen-bond acceptors (Lipinski definition) is 6. The molecule has 0 amide bonds. The van der Waals surface area contributed by atoms with Gasteiger partial charge in [0.2, 0.25) is 0 Å². The second kappa shape index (κ2) is 7.46. The fourth-order valence-corrected chi connectivity index (χ4v) is 1.83. The van der Waals surface area contributed by atoms with Gasteiger partial charge < -0.3 is 10.4 Å². The van der Waals surface area contributed by atoms with Gasteiger partial charge in [-0.15, -0.1) is 5.10 Å². The molecular formula is C13H17N5O3. The molecule has 0 aliphatic carbocycles. The maximum absolute atomic E-state index is 10.5. The smallest absolute Gasteiger partial charge is 0.269 e. The summed E-state index contributed by atoms with van der Waals surface area (Å²) in [6.07, 6.45) is 2.48. The van der Waals surface area contributed by atoms with Crippen molar-refractivity contribution in [3.8, 4) is 0 Å². The Kier molecular flexibility index (Phi) is 5.35. The zero-order valence-corrected chi connectivity index (χ0v) is 11.5. The third kappa shape index (κ3) is 4.62. The molecule has 2 N–H and O–H groups in total. The lowest BCUT2D eigenvalue weighted by molar-refractivity contribution is -0.384. The van der Waals surface area contributed by atoms with Crippen LogP contribution in [0.25, 0.3) is 0 Å². The Morgan fingerprint density at radius 3 is 2.71 bits per heavy atom. The topological polar surface area (TPSA) is 106 Å². The second-order valence-corrected chi connectivity index (χ2v) is 4.58. The Labute approximate surface area is 121 Å². The monoisotopic (exact) mass is 291 g/mol. The molecule has 2 aromatic rings. The summed E-state index contributed by atoms with van der Waals surface area (Å²) in [6, 6.07) is 6.43. The van der Waals surface area contributed by atoms with E-state index in [0.29, 0.717) is 26.1 Å². The van der Waals surface area contributed by atoms with Crippen molar-refractivity contribution in [3.05, 3.63) is 51.8 Å². The molecule has 1 heterocycles.